The molecule has 1 amide bonds. The number of hydrogen-bond donors (Lipinski definition) is 1. The first-order valence-corrected chi connectivity index (χ1v) is 11.4. The van der Waals surface area contributed by atoms with Crippen LogP contribution in [0.2, 0.25) is 5.02 Å². The van der Waals surface area contributed by atoms with Crippen LogP contribution in [-0.4, -0.2) is 47.7 Å². The zero-order valence-electron chi connectivity index (χ0n) is 17.4. The summed E-state index contributed by atoms with van der Waals surface area (Å²) in [7, 11) is 0. The lowest BCUT2D eigenvalue weighted by atomic mass is 9.88. The molecular weight excluding hydrogens is 414 g/mol. The molecule has 5 rings (SSSR count). The lowest BCUT2D eigenvalue weighted by molar-refractivity contribution is -0.142. The monoisotopic (exact) mass is 439 g/mol. The Morgan fingerprint density at radius 3 is 2.42 bits per heavy atom. The van der Waals surface area contributed by atoms with Gasteiger partial charge in [0.2, 0.25) is 0 Å². The summed E-state index contributed by atoms with van der Waals surface area (Å²) in [5, 5.41) is 9.55. The second kappa shape index (κ2) is 7.95. The highest BCUT2D eigenvalue weighted by atomic mass is 35.5. The predicted molar refractivity (Wildman–Crippen MR) is 118 cm³/mol. The summed E-state index contributed by atoms with van der Waals surface area (Å²) in [4.78, 5) is 26.0. The molecular formula is C25H26ClNO4. The van der Waals surface area contributed by atoms with E-state index in [2.05, 4.69) is 24.3 Å². The van der Waals surface area contributed by atoms with E-state index in [0.717, 1.165) is 49.9 Å². The molecule has 1 aliphatic carbocycles. The van der Waals surface area contributed by atoms with Crippen LogP contribution in [0.5, 0.6) is 0 Å². The van der Waals surface area contributed by atoms with Crippen molar-refractivity contribution >= 4 is 23.5 Å². The van der Waals surface area contributed by atoms with Gasteiger partial charge in [0.1, 0.15) is 6.10 Å². The molecule has 0 bridgehead atoms. The van der Waals surface area contributed by atoms with Gasteiger partial charge >= 0.3 is 5.97 Å². The van der Waals surface area contributed by atoms with Crippen molar-refractivity contribution < 1.29 is 19.4 Å². The van der Waals surface area contributed by atoms with E-state index in [1.807, 2.05) is 11.0 Å². The van der Waals surface area contributed by atoms with Crippen LogP contribution in [0.3, 0.4) is 0 Å². The fourth-order valence-electron chi connectivity index (χ4n) is 5.30. The zero-order valence-corrected chi connectivity index (χ0v) is 18.1. The maximum atomic E-state index is 12.6. The quantitative estimate of drug-likeness (QED) is 0.729. The average Bonchev–Trinajstić information content (AvgIpc) is 3.21. The summed E-state index contributed by atoms with van der Waals surface area (Å²) >= 11 is 5.99. The minimum absolute atomic E-state index is 0.119. The number of benzene rings is 2. The first-order chi connectivity index (χ1) is 15.0. The van der Waals surface area contributed by atoms with E-state index in [9.17, 15) is 14.7 Å². The summed E-state index contributed by atoms with van der Waals surface area (Å²) in [5.41, 5.74) is 3.60. The van der Waals surface area contributed by atoms with Crippen molar-refractivity contribution in [3.8, 4) is 11.1 Å². The van der Waals surface area contributed by atoms with Gasteiger partial charge in [0.05, 0.1) is 10.6 Å². The number of carboxylic acid groups (broad SMARTS) is 1. The number of halogens is 1. The Labute approximate surface area is 187 Å². The normalized spacial score (nSPS) is 24.4. The lowest BCUT2D eigenvalue weighted by Crippen LogP contribution is -2.44. The van der Waals surface area contributed by atoms with E-state index in [1.165, 1.54) is 12.0 Å². The number of ether oxygens (including phenoxy) is 1. The number of nitrogens with zero attached hydrogens (tertiary/aromatic N) is 1. The molecule has 2 aliphatic heterocycles. The van der Waals surface area contributed by atoms with E-state index < -0.39 is 5.97 Å². The molecule has 1 spiro atoms. The van der Waals surface area contributed by atoms with Crippen LogP contribution in [0.4, 0.5) is 0 Å². The first kappa shape index (κ1) is 20.5. The highest BCUT2D eigenvalue weighted by Gasteiger charge is 2.55. The molecule has 5 nitrogen and oxygen atoms in total. The maximum absolute atomic E-state index is 12.6. The number of aromatic carboxylic acids is 1. The molecule has 2 saturated heterocycles. The van der Waals surface area contributed by atoms with Crippen molar-refractivity contribution in [2.45, 2.75) is 44.1 Å². The van der Waals surface area contributed by atoms with Crippen molar-refractivity contribution in [1.82, 2.24) is 4.90 Å². The van der Waals surface area contributed by atoms with E-state index >= 15 is 0 Å². The third-order valence-electron chi connectivity index (χ3n) is 7.31. The number of carbonyl (C=O) groups excluding carboxylic acids is 1. The smallest absolute Gasteiger partial charge is 0.337 e. The average molecular weight is 440 g/mol. The Morgan fingerprint density at radius 1 is 1.06 bits per heavy atom. The van der Waals surface area contributed by atoms with Gasteiger partial charge in [0, 0.05) is 19.7 Å². The van der Waals surface area contributed by atoms with Gasteiger partial charge in [0.15, 0.2) is 0 Å². The van der Waals surface area contributed by atoms with E-state index in [-0.39, 0.29) is 22.6 Å². The van der Waals surface area contributed by atoms with Gasteiger partial charge in [-0.3, -0.25) is 4.79 Å². The second-order valence-electron chi connectivity index (χ2n) is 9.07. The number of amides is 1. The van der Waals surface area contributed by atoms with E-state index in [0.29, 0.717) is 17.9 Å². The molecule has 1 N–H and O–H groups in total. The number of carboxylic acids is 1. The van der Waals surface area contributed by atoms with Crippen LogP contribution in [0.1, 0.15) is 53.9 Å². The summed E-state index contributed by atoms with van der Waals surface area (Å²) in [6.07, 6.45) is 4.91. The third kappa shape index (κ3) is 3.85. The summed E-state index contributed by atoms with van der Waals surface area (Å²) in [6.45, 7) is 2.37. The van der Waals surface area contributed by atoms with Gasteiger partial charge in [0.25, 0.3) is 5.91 Å². The Hall–Kier alpha value is -2.37. The highest BCUT2D eigenvalue weighted by molar-refractivity contribution is 6.33. The van der Waals surface area contributed by atoms with Crippen LogP contribution in [0, 0.1) is 5.41 Å². The Kier molecular flexibility index (Phi) is 5.27. The van der Waals surface area contributed by atoms with Crippen LogP contribution >= 0.6 is 11.6 Å². The highest BCUT2D eigenvalue weighted by Crippen LogP contribution is 2.65. The number of likely N-dealkylation sites (tertiary alicyclic amines) is 1. The molecule has 1 saturated carbocycles. The second-order valence-corrected chi connectivity index (χ2v) is 9.48. The van der Waals surface area contributed by atoms with Crippen molar-refractivity contribution in [2.75, 3.05) is 19.7 Å². The molecule has 1 unspecified atom stereocenters. The van der Waals surface area contributed by atoms with Crippen molar-refractivity contribution in [1.29, 1.82) is 0 Å². The lowest BCUT2D eigenvalue weighted by Gasteiger charge is -2.34. The fourth-order valence-corrected chi connectivity index (χ4v) is 5.50. The minimum Gasteiger partial charge on any atom is -0.478 e. The summed E-state index contributed by atoms with van der Waals surface area (Å²) in [6, 6.07) is 13.6. The fraction of sp³-hybridized carbons (Fsp3) is 0.440. The molecule has 2 heterocycles. The SMILES string of the molecule is O=C(O)c1cc(-c2ccc([C@H]3CC34CCN(C(=O)C3CCCO3)CC4)cc2)ccc1Cl. The van der Waals surface area contributed by atoms with Crippen LogP contribution < -0.4 is 0 Å². The van der Waals surface area contributed by atoms with Crippen LogP contribution in [0.25, 0.3) is 11.1 Å². The zero-order chi connectivity index (χ0) is 21.6. The molecule has 162 valence electrons. The molecule has 2 aromatic carbocycles. The van der Waals surface area contributed by atoms with Gasteiger partial charge in [-0.1, -0.05) is 41.9 Å². The molecule has 2 aromatic rings. The van der Waals surface area contributed by atoms with Crippen LogP contribution in [0.15, 0.2) is 42.5 Å². The molecule has 3 aliphatic rings. The van der Waals surface area contributed by atoms with Gasteiger partial charge in [-0.2, -0.15) is 0 Å². The Bertz CT molecular complexity index is 1000. The van der Waals surface area contributed by atoms with E-state index in [1.54, 1.807) is 12.1 Å². The maximum Gasteiger partial charge on any atom is 0.337 e. The summed E-state index contributed by atoms with van der Waals surface area (Å²) in [5.74, 6) is -0.299. The van der Waals surface area contributed by atoms with Crippen molar-refractivity contribution in [3.63, 3.8) is 0 Å². The molecule has 6 heteroatoms. The minimum atomic E-state index is -1.02. The molecule has 0 aromatic heterocycles. The topological polar surface area (TPSA) is 66.8 Å². The van der Waals surface area contributed by atoms with Gasteiger partial charge in [-0.25, -0.2) is 4.79 Å². The van der Waals surface area contributed by atoms with E-state index in [4.69, 9.17) is 16.3 Å². The predicted octanol–water partition coefficient (Wildman–Crippen LogP) is 4.98. The van der Waals surface area contributed by atoms with Gasteiger partial charge in [-0.15, -0.1) is 0 Å². The number of piperidine rings is 1. The molecule has 3 fully saturated rings. The Balaban J connectivity index is 1.24. The molecule has 0 radical (unpaired) electrons. The Morgan fingerprint density at radius 2 is 1.77 bits per heavy atom. The van der Waals surface area contributed by atoms with Crippen molar-refractivity contribution in [2.24, 2.45) is 5.41 Å². The standard InChI is InChI=1S/C25H26ClNO4/c26-21-8-7-18(14-19(21)24(29)30)16-3-5-17(6-4-16)20-15-25(20)9-11-27(12-10-25)23(28)22-2-1-13-31-22/h3-8,14,20,22H,1-2,9-13,15H2,(H,29,30)/t20-,22?/m1/s1. The number of hydrogen-bond acceptors (Lipinski definition) is 3. The molecule has 2 atom stereocenters. The van der Waals surface area contributed by atoms with Gasteiger partial charge in [-0.05, 0) is 72.3 Å². The number of rotatable bonds is 4. The third-order valence-corrected chi connectivity index (χ3v) is 7.64. The summed E-state index contributed by atoms with van der Waals surface area (Å²) < 4.78 is 5.57. The largest absolute Gasteiger partial charge is 0.478 e. The molecule has 31 heavy (non-hydrogen) atoms. The van der Waals surface area contributed by atoms with Gasteiger partial charge < -0.3 is 14.7 Å². The van der Waals surface area contributed by atoms with Crippen LogP contribution in [-0.2, 0) is 9.53 Å². The number of carbonyl (C=O) groups is 2. The first-order valence-electron chi connectivity index (χ1n) is 11.0. The van der Waals surface area contributed by atoms with Crippen molar-refractivity contribution in [3.05, 3.63) is 58.6 Å².